The van der Waals surface area contributed by atoms with Crippen molar-refractivity contribution >= 4 is 44.3 Å². The van der Waals surface area contributed by atoms with Crippen LogP contribution >= 0.6 is 15.9 Å². The van der Waals surface area contributed by atoms with Crippen LogP contribution in [0.1, 0.15) is 30.2 Å². The van der Waals surface area contributed by atoms with Crippen LogP contribution in [0.15, 0.2) is 46.9 Å². The van der Waals surface area contributed by atoms with Crippen LogP contribution < -0.4 is 4.90 Å². The van der Waals surface area contributed by atoms with E-state index >= 15 is 0 Å². The summed E-state index contributed by atoms with van der Waals surface area (Å²) >= 11 is 3.56. The molecule has 1 N–H and O–H groups in total. The van der Waals surface area contributed by atoms with Crippen LogP contribution in [0.4, 0.5) is 5.69 Å². The van der Waals surface area contributed by atoms with Crippen molar-refractivity contribution in [2.24, 2.45) is 0 Å². The topological polar surface area (TPSA) is 56.4 Å². The number of rotatable bonds is 1. The number of carbonyl (C=O) groups is 2. The maximum Gasteiger partial charge on any atom is 0.263 e. The third-order valence-corrected chi connectivity index (χ3v) is 6.59. The number of carbonyl (C=O) groups excluding carboxylic acids is 2. The number of anilines is 1. The van der Waals surface area contributed by atoms with E-state index in [1.165, 1.54) is 0 Å². The molecular weight excluding hydrogens is 418 g/mol. The van der Waals surface area contributed by atoms with Gasteiger partial charge in [-0.3, -0.25) is 9.59 Å². The quantitative estimate of drug-likeness (QED) is 0.626. The number of H-pyrrole nitrogens is 1. The van der Waals surface area contributed by atoms with E-state index in [4.69, 9.17) is 0 Å². The fourth-order valence-electron chi connectivity index (χ4n) is 4.86. The average Bonchev–Trinajstić information content (AvgIpc) is 3.18. The molecule has 5 rings (SSSR count). The van der Waals surface area contributed by atoms with Crippen molar-refractivity contribution in [3.05, 3.63) is 63.8 Å². The SMILES string of the molecule is CCC(=O)N1CCc2c([nH]c3ccccc23)[C@@]12C(=O)N(C)c1ccc(Br)cc12. The van der Waals surface area contributed by atoms with E-state index in [1.54, 1.807) is 16.8 Å². The van der Waals surface area contributed by atoms with E-state index in [9.17, 15) is 9.59 Å². The first-order valence-electron chi connectivity index (χ1n) is 9.48. The first-order valence-corrected chi connectivity index (χ1v) is 10.3. The van der Waals surface area contributed by atoms with E-state index in [0.29, 0.717) is 13.0 Å². The fraction of sp³-hybridized carbons (Fsp3) is 0.273. The predicted molar refractivity (Wildman–Crippen MR) is 112 cm³/mol. The lowest BCUT2D eigenvalue weighted by molar-refractivity contribution is -0.144. The summed E-state index contributed by atoms with van der Waals surface area (Å²) in [6.07, 6.45) is 1.09. The lowest BCUT2D eigenvalue weighted by Gasteiger charge is -2.43. The maximum absolute atomic E-state index is 13.8. The third-order valence-electron chi connectivity index (χ3n) is 6.09. The molecule has 1 aromatic heterocycles. The average molecular weight is 438 g/mol. The number of hydrogen-bond donors (Lipinski definition) is 1. The van der Waals surface area contributed by atoms with Gasteiger partial charge >= 0.3 is 0 Å². The Bertz CT molecular complexity index is 1150. The lowest BCUT2D eigenvalue weighted by Crippen LogP contribution is -2.58. The Morgan fingerprint density at radius 2 is 2.04 bits per heavy atom. The summed E-state index contributed by atoms with van der Waals surface area (Å²) in [4.78, 5) is 33.8. The summed E-state index contributed by atoms with van der Waals surface area (Å²) in [5.41, 5.74) is 3.50. The molecule has 142 valence electrons. The number of benzene rings is 2. The van der Waals surface area contributed by atoms with Crippen LogP contribution in [-0.4, -0.2) is 35.3 Å². The van der Waals surface area contributed by atoms with Crippen LogP contribution in [0.2, 0.25) is 0 Å². The molecule has 0 bridgehead atoms. The highest BCUT2D eigenvalue weighted by Gasteiger charge is 2.59. The molecule has 2 amide bonds. The van der Waals surface area contributed by atoms with Crippen molar-refractivity contribution in [1.29, 1.82) is 0 Å². The van der Waals surface area contributed by atoms with Crippen LogP contribution in [0.25, 0.3) is 10.9 Å². The largest absolute Gasteiger partial charge is 0.355 e. The Balaban J connectivity index is 1.91. The highest BCUT2D eigenvalue weighted by Crippen LogP contribution is 2.52. The first kappa shape index (κ1) is 17.5. The number of amides is 2. The molecule has 3 aromatic rings. The van der Waals surface area contributed by atoms with Gasteiger partial charge in [0.15, 0.2) is 5.54 Å². The maximum atomic E-state index is 13.8. The minimum atomic E-state index is -1.15. The van der Waals surface area contributed by atoms with Crippen LogP contribution in [0.5, 0.6) is 0 Å². The summed E-state index contributed by atoms with van der Waals surface area (Å²) in [7, 11) is 1.79. The van der Waals surface area contributed by atoms with Gasteiger partial charge in [-0.25, -0.2) is 0 Å². The molecule has 2 aliphatic rings. The Morgan fingerprint density at radius 1 is 1.25 bits per heavy atom. The molecule has 3 heterocycles. The van der Waals surface area contributed by atoms with Gasteiger partial charge in [-0.2, -0.15) is 0 Å². The second kappa shape index (κ2) is 5.95. The number of nitrogens with zero attached hydrogens (tertiary/aromatic N) is 2. The molecule has 2 aromatic carbocycles. The third kappa shape index (κ3) is 2.01. The molecule has 1 spiro atoms. The molecule has 0 radical (unpaired) electrons. The zero-order chi connectivity index (χ0) is 19.6. The van der Waals surface area contributed by atoms with Gasteiger partial charge in [0.25, 0.3) is 5.91 Å². The number of hydrogen-bond acceptors (Lipinski definition) is 2. The molecule has 0 saturated heterocycles. The van der Waals surface area contributed by atoms with Crippen molar-refractivity contribution in [1.82, 2.24) is 9.88 Å². The van der Waals surface area contributed by atoms with Gasteiger partial charge in [-0.05, 0) is 36.2 Å². The summed E-state index contributed by atoms with van der Waals surface area (Å²) in [5.74, 6) is -0.103. The predicted octanol–water partition coefficient (Wildman–Crippen LogP) is 3.95. The minimum Gasteiger partial charge on any atom is -0.355 e. The molecule has 0 saturated carbocycles. The number of halogens is 1. The molecule has 6 heteroatoms. The van der Waals surface area contributed by atoms with Gasteiger partial charge in [0, 0.05) is 46.6 Å². The van der Waals surface area contributed by atoms with Crippen molar-refractivity contribution in [3.8, 4) is 0 Å². The number of fused-ring (bicyclic) bond motifs is 6. The normalized spacial score (nSPS) is 20.8. The van der Waals surface area contributed by atoms with Crippen molar-refractivity contribution in [2.75, 3.05) is 18.5 Å². The number of para-hydroxylation sites is 1. The van der Waals surface area contributed by atoms with Gasteiger partial charge in [-0.1, -0.05) is 41.1 Å². The van der Waals surface area contributed by atoms with Crippen molar-refractivity contribution in [2.45, 2.75) is 25.3 Å². The van der Waals surface area contributed by atoms with Gasteiger partial charge in [0.05, 0.1) is 5.69 Å². The van der Waals surface area contributed by atoms with Crippen molar-refractivity contribution < 1.29 is 9.59 Å². The van der Waals surface area contributed by atoms with Crippen LogP contribution in [0, 0.1) is 0 Å². The fourth-order valence-corrected chi connectivity index (χ4v) is 5.22. The molecule has 1 atom stereocenters. The number of aromatic nitrogens is 1. The lowest BCUT2D eigenvalue weighted by atomic mass is 9.79. The zero-order valence-corrected chi connectivity index (χ0v) is 17.3. The Kier molecular flexibility index (Phi) is 3.72. The van der Waals surface area contributed by atoms with Gasteiger partial charge < -0.3 is 14.8 Å². The van der Waals surface area contributed by atoms with Gasteiger partial charge in [0.2, 0.25) is 5.91 Å². The minimum absolute atomic E-state index is 0.0149. The highest BCUT2D eigenvalue weighted by molar-refractivity contribution is 9.10. The number of aromatic amines is 1. The standard InChI is InChI=1S/C22H20BrN3O2/c1-3-19(27)26-11-10-15-14-6-4-5-7-17(14)24-20(15)22(26)16-12-13(23)8-9-18(16)25(2)21(22)28/h4-9,12,24H,3,10-11H2,1-2H3/t22-/m0/s1. The summed E-state index contributed by atoms with van der Waals surface area (Å²) in [6, 6.07) is 14.0. The van der Waals surface area contributed by atoms with E-state index in [1.807, 2.05) is 43.3 Å². The van der Waals surface area contributed by atoms with Gasteiger partial charge in [-0.15, -0.1) is 0 Å². The molecule has 0 aliphatic carbocycles. The molecule has 0 fully saturated rings. The molecule has 2 aliphatic heterocycles. The zero-order valence-electron chi connectivity index (χ0n) is 15.8. The Morgan fingerprint density at radius 3 is 2.82 bits per heavy atom. The summed E-state index contributed by atoms with van der Waals surface area (Å²) in [6.45, 7) is 2.37. The Hall–Kier alpha value is -2.60. The monoisotopic (exact) mass is 437 g/mol. The van der Waals surface area contributed by atoms with Gasteiger partial charge in [0.1, 0.15) is 0 Å². The first-order chi connectivity index (χ1) is 13.5. The van der Waals surface area contributed by atoms with E-state index in [-0.39, 0.29) is 11.8 Å². The second-order valence-corrected chi connectivity index (χ2v) is 8.32. The molecule has 0 unspecified atom stereocenters. The summed E-state index contributed by atoms with van der Waals surface area (Å²) in [5, 5.41) is 1.12. The van der Waals surface area contributed by atoms with E-state index in [0.717, 1.165) is 44.3 Å². The van der Waals surface area contributed by atoms with Crippen molar-refractivity contribution in [3.63, 3.8) is 0 Å². The highest BCUT2D eigenvalue weighted by atomic mass is 79.9. The molecular formula is C22H20BrN3O2. The van der Waals surface area contributed by atoms with E-state index in [2.05, 4.69) is 27.0 Å². The smallest absolute Gasteiger partial charge is 0.263 e. The van der Waals surface area contributed by atoms with E-state index < -0.39 is 5.54 Å². The Labute approximate surface area is 171 Å². The molecule has 5 nitrogen and oxygen atoms in total. The number of likely N-dealkylation sites (N-methyl/N-ethyl adjacent to an activating group) is 1. The second-order valence-electron chi connectivity index (χ2n) is 7.41. The summed E-state index contributed by atoms with van der Waals surface area (Å²) < 4.78 is 0.890. The molecule has 28 heavy (non-hydrogen) atoms. The van der Waals surface area contributed by atoms with Crippen LogP contribution in [-0.2, 0) is 21.5 Å². The number of nitrogens with one attached hydrogen (secondary N) is 1. The van der Waals surface area contributed by atoms with Crippen LogP contribution in [0.3, 0.4) is 0 Å².